The van der Waals surface area contributed by atoms with Gasteiger partial charge in [0.05, 0.1) is 11.3 Å². The van der Waals surface area contributed by atoms with E-state index in [1.54, 1.807) is 6.92 Å². The highest BCUT2D eigenvalue weighted by Crippen LogP contribution is 2.25. The number of anilines is 1. The van der Waals surface area contributed by atoms with Gasteiger partial charge in [-0.25, -0.2) is 14.8 Å². The Hall–Kier alpha value is -1.65. The van der Waals surface area contributed by atoms with Gasteiger partial charge in [-0.3, -0.25) is 0 Å². The molecule has 1 aromatic heterocycles. The molecule has 2 unspecified atom stereocenters. The maximum atomic E-state index is 10.9. The van der Waals surface area contributed by atoms with Crippen molar-refractivity contribution in [2.24, 2.45) is 5.92 Å². The SMILES string of the molecule is Cc1nc(N2CCC(C)CC2C)ncc1C(=O)O. The third-order valence-corrected chi connectivity index (χ3v) is 3.59. The Labute approximate surface area is 107 Å². The number of nitrogens with zero attached hydrogens (tertiary/aromatic N) is 3. The third-order valence-electron chi connectivity index (χ3n) is 3.59. The molecule has 2 rings (SSSR count). The smallest absolute Gasteiger partial charge is 0.339 e. The van der Waals surface area contributed by atoms with Crippen LogP contribution in [0.25, 0.3) is 0 Å². The fraction of sp³-hybridized carbons (Fsp3) is 0.615. The molecule has 2 atom stereocenters. The molecule has 0 amide bonds. The van der Waals surface area contributed by atoms with Crippen molar-refractivity contribution in [3.63, 3.8) is 0 Å². The summed E-state index contributed by atoms with van der Waals surface area (Å²) in [5.74, 6) is 0.409. The molecule has 18 heavy (non-hydrogen) atoms. The van der Waals surface area contributed by atoms with Crippen molar-refractivity contribution in [1.82, 2.24) is 9.97 Å². The molecule has 1 aromatic rings. The maximum Gasteiger partial charge on any atom is 0.339 e. The zero-order chi connectivity index (χ0) is 13.3. The van der Waals surface area contributed by atoms with E-state index in [1.165, 1.54) is 6.20 Å². The minimum Gasteiger partial charge on any atom is -0.478 e. The summed E-state index contributed by atoms with van der Waals surface area (Å²) in [6.45, 7) is 7.08. The van der Waals surface area contributed by atoms with Gasteiger partial charge in [0.25, 0.3) is 0 Å². The van der Waals surface area contributed by atoms with Gasteiger partial charge in [0.15, 0.2) is 0 Å². The molecule has 0 aromatic carbocycles. The quantitative estimate of drug-likeness (QED) is 0.869. The van der Waals surface area contributed by atoms with Crippen molar-refractivity contribution in [2.45, 2.75) is 39.7 Å². The van der Waals surface area contributed by atoms with E-state index >= 15 is 0 Å². The monoisotopic (exact) mass is 249 g/mol. The Balaban J connectivity index is 2.24. The van der Waals surface area contributed by atoms with Crippen LogP contribution in [0.2, 0.25) is 0 Å². The largest absolute Gasteiger partial charge is 0.478 e. The molecule has 0 aliphatic carbocycles. The van der Waals surface area contributed by atoms with Crippen molar-refractivity contribution < 1.29 is 9.90 Å². The molecule has 0 spiro atoms. The highest BCUT2D eigenvalue weighted by Gasteiger charge is 2.25. The summed E-state index contributed by atoms with van der Waals surface area (Å²) in [4.78, 5) is 21.6. The van der Waals surface area contributed by atoms with Crippen LogP contribution in [0.15, 0.2) is 6.20 Å². The van der Waals surface area contributed by atoms with Crippen LogP contribution in [0, 0.1) is 12.8 Å². The van der Waals surface area contributed by atoms with Crippen LogP contribution in [0.4, 0.5) is 5.95 Å². The van der Waals surface area contributed by atoms with Gasteiger partial charge in [0.1, 0.15) is 0 Å². The van der Waals surface area contributed by atoms with Crippen LogP contribution in [0.1, 0.15) is 42.7 Å². The number of hydrogen-bond acceptors (Lipinski definition) is 4. The number of hydrogen-bond donors (Lipinski definition) is 1. The van der Waals surface area contributed by atoms with E-state index in [2.05, 4.69) is 28.7 Å². The minimum absolute atomic E-state index is 0.178. The zero-order valence-corrected chi connectivity index (χ0v) is 11.1. The molecule has 0 radical (unpaired) electrons. The molecular formula is C13H19N3O2. The third kappa shape index (κ3) is 2.44. The number of rotatable bonds is 2. The lowest BCUT2D eigenvalue weighted by Crippen LogP contribution is -2.41. The Kier molecular flexibility index (Phi) is 3.50. The second-order valence-corrected chi connectivity index (χ2v) is 5.15. The van der Waals surface area contributed by atoms with Gasteiger partial charge < -0.3 is 10.0 Å². The van der Waals surface area contributed by atoms with Crippen molar-refractivity contribution in [1.29, 1.82) is 0 Å². The van der Waals surface area contributed by atoms with Crippen molar-refractivity contribution in [3.05, 3.63) is 17.5 Å². The highest BCUT2D eigenvalue weighted by atomic mass is 16.4. The lowest BCUT2D eigenvalue weighted by molar-refractivity contribution is 0.0695. The van der Waals surface area contributed by atoms with E-state index in [9.17, 15) is 4.79 Å². The first-order chi connectivity index (χ1) is 8.49. The minimum atomic E-state index is -0.973. The molecule has 0 bridgehead atoms. The number of piperidine rings is 1. The fourth-order valence-corrected chi connectivity index (χ4v) is 2.51. The molecular weight excluding hydrogens is 230 g/mol. The lowest BCUT2D eigenvalue weighted by atomic mass is 9.94. The predicted octanol–water partition coefficient (Wildman–Crippen LogP) is 2.11. The van der Waals surface area contributed by atoms with E-state index in [-0.39, 0.29) is 5.56 Å². The molecule has 1 N–H and O–H groups in total. The first-order valence-corrected chi connectivity index (χ1v) is 6.32. The number of carboxylic acids is 1. The number of aromatic carboxylic acids is 1. The van der Waals surface area contributed by atoms with Gasteiger partial charge in [-0.1, -0.05) is 6.92 Å². The van der Waals surface area contributed by atoms with Crippen LogP contribution in [-0.2, 0) is 0 Å². The van der Waals surface area contributed by atoms with Crippen LogP contribution < -0.4 is 4.90 Å². The first kappa shape index (κ1) is 12.8. The van der Waals surface area contributed by atoms with Crippen molar-refractivity contribution in [2.75, 3.05) is 11.4 Å². The molecule has 5 heteroatoms. The first-order valence-electron chi connectivity index (χ1n) is 6.32. The number of carbonyl (C=O) groups is 1. The molecule has 5 nitrogen and oxygen atoms in total. The standard InChI is InChI=1S/C13H19N3O2/c1-8-4-5-16(9(2)6-8)13-14-7-11(12(17)18)10(3)15-13/h7-9H,4-6H2,1-3H3,(H,17,18). The van der Waals surface area contributed by atoms with Gasteiger partial charge in [0, 0.05) is 18.8 Å². The highest BCUT2D eigenvalue weighted by molar-refractivity contribution is 5.88. The van der Waals surface area contributed by atoms with Gasteiger partial charge in [-0.2, -0.15) is 0 Å². The van der Waals surface area contributed by atoms with E-state index in [0.717, 1.165) is 25.3 Å². The number of aromatic nitrogens is 2. The topological polar surface area (TPSA) is 66.3 Å². The fourth-order valence-electron chi connectivity index (χ4n) is 2.51. The van der Waals surface area contributed by atoms with Crippen molar-refractivity contribution in [3.8, 4) is 0 Å². The Morgan fingerprint density at radius 1 is 1.50 bits per heavy atom. The zero-order valence-electron chi connectivity index (χ0n) is 11.1. The summed E-state index contributed by atoms with van der Waals surface area (Å²) in [6, 6.07) is 0.406. The van der Waals surface area contributed by atoms with Crippen LogP contribution in [-0.4, -0.2) is 33.6 Å². The molecule has 2 heterocycles. The molecule has 1 aliphatic rings. The maximum absolute atomic E-state index is 10.9. The summed E-state index contributed by atoms with van der Waals surface area (Å²) in [7, 11) is 0. The van der Waals surface area contributed by atoms with Gasteiger partial charge in [-0.05, 0) is 32.6 Å². The van der Waals surface area contributed by atoms with Gasteiger partial charge >= 0.3 is 5.97 Å². The molecule has 1 fully saturated rings. The molecule has 0 saturated carbocycles. The average molecular weight is 249 g/mol. The molecule has 98 valence electrons. The Morgan fingerprint density at radius 2 is 2.22 bits per heavy atom. The normalized spacial score (nSPS) is 24.1. The second kappa shape index (κ2) is 4.92. The van der Waals surface area contributed by atoms with Crippen LogP contribution in [0.3, 0.4) is 0 Å². The van der Waals surface area contributed by atoms with Crippen molar-refractivity contribution >= 4 is 11.9 Å². The average Bonchev–Trinajstić information content (AvgIpc) is 2.28. The predicted molar refractivity (Wildman–Crippen MR) is 68.9 cm³/mol. The van der Waals surface area contributed by atoms with Crippen LogP contribution >= 0.6 is 0 Å². The number of carboxylic acid groups (broad SMARTS) is 1. The van der Waals surface area contributed by atoms with Gasteiger partial charge in [0.2, 0.25) is 5.95 Å². The summed E-state index contributed by atoms with van der Waals surface area (Å²) in [6.07, 6.45) is 3.67. The summed E-state index contributed by atoms with van der Waals surface area (Å²) < 4.78 is 0. The van der Waals surface area contributed by atoms with Gasteiger partial charge in [-0.15, -0.1) is 0 Å². The van der Waals surface area contributed by atoms with E-state index in [4.69, 9.17) is 5.11 Å². The molecule has 1 saturated heterocycles. The van der Waals surface area contributed by atoms with Crippen LogP contribution in [0.5, 0.6) is 0 Å². The van der Waals surface area contributed by atoms with E-state index in [1.807, 2.05) is 0 Å². The summed E-state index contributed by atoms with van der Waals surface area (Å²) in [5, 5.41) is 8.96. The summed E-state index contributed by atoms with van der Waals surface area (Å²) >= 11 is 0. The lowest BCUT2D eigenvalue weighted by Gasteiger charge is -2.36. The van der Waals surface area contributed by atoms with E-state index in [0.29, 0.717) is 17.7 Å². The Bertz CT molecular complexity index is 462. The number of aryl methyl sites for hydroxylation is 1. The molecule has 1 aliphatic heterocycles. The summed E-state index contributed by atoms with van der Waals surface area (Å²) in [5.41, 5.74) is 0.704. The second-order valence-electron chi connectivity index (χ2n) is 5.15. The van der Waals surface area contributed by atoms with E-state index < -0.39 is 5.97 Å². The Morgan fingerprint density at radius 3 is 2.78 bits per heavy atom.